The summed E-state index contributed by atoms with van der Waals surface area (Å²) in [5, 5.41) is 0. The highest BCUT2D eigenvalue weighted by atomic mass is 32.3. The van der Waals surface area contributed by atoms with E-state index in [0.717, 1.165) is 6.42 Å². The molecule has 1 aliphatic rings. The molecule has 0 unspecified atom stereocenters. The van der Waals surface area contributed by atoms with Crippen molar-refractivity contribution in [3.05, 3.63) is 27.9 Å². The number of sulfonamides is 2. The summed E-state index contributed by atoms with van der Waals surface area (Å²) < 4.78 is 130. The monoisotopic (exact) mass is 535 g/mol. The third kappa shape index (κ3) is 6.10. The summed E-state index contributed by atoms with van der Waals surface area (Å²) in [7, 11) is -12.4. The van der Waals surface area contributed by atoms with E-state index in [1.54, 1.807) is 0 Å². The van der Waals surface area contributed by atoms with Gasteiger partial charge in [-0.15, -0.1) is 0 Å². The molecule has 0 radical (unpaired) electrons. The van der Waals surface area contributed by atoms with Gasteiger partial charge in [-0.1, -0.05) is 12.2 Å². The fourth-order valence-electron chi connectivity index (χ4n) is 3.25. The van der Waals surface area contributed by atoms with Crippen molar-refractivity contribution in [3.8, 4) is 11.5 Å². The van der Waals surface area contributed by atoms with Crippen LogP contribution in [-0.4, -0.2) is 48.6 Å². The number of alkyl halides is 3. The Morgan fingerprint density at radius 2 is 1.44 bits per heavy atom. The van der Waals surface area contributed by atoms with Crippen molar-refractivity contribution in [2.24, 2.45) is 0 Å². The highest BCUT2D eigenvalue weighted by molar-refractivity contribution is 8.12. The Labute approximate surface area is 194 Å². The number of anilines is 1. The minimum Gasteiger partial charge on any atom is -0.489 e. The molecular formula is C19H24F5N2O6S2-. The summed E-state index contributed by atoms with van der Waals surface area (Å²) in [4.78, 5) is -0.266. The lowest BCUT2D eigenvalue weighted by molar-refractivity contribution is -0.0425. The van der Waals surface area contributed by atoms with Crippen LogP contribution in [0.4, 0.5) is 27.6 Å². The van der Waals surface area contributed by atoms with Crippen LogP contribution in [0.25, 0.3) is 4.13 Å². The Kier molecular flexibility index (Phi) is 9.16. The average Bonchev–Trinajstić information content (AvgIpc) is 2.84. The summed E-state index contributed by atoms with van der Waals surface area (Å²) in [6, 6.07) is 0. The number of nitrogens with zero attached hydrogens (tertiary/aromatic N) is 2. The lowest BCUT2D eigenvalue weighted by Crippen LogP contribution is -2.29. The number of benzene rings is 1. The van der Waals surface area contributed by atoms with Gasteiger partial charge in [-0.2, -0.15) is 13.2 Å². The van der Waals surface area contributed by atoms with E-state index in [4.69, 9.17) is 9.47 Å². The summed E-state index contributed by atoms with van der Waals surface area (Å²) in [6.07, 6.45) is 6.17. The fourth-order valence-corrected chi connectivity index (χ4v) is 5.68. The second-order valence-electron chi connectivity index (χ2n) is 7.04. The molecule has 0 saturated carbocycles. The average molecular weight is 536 g/mol. The molecule has 0 aromatic heterocycles. The number of hydrogen-bond acceptors (Lipinski definition) is 7. The van der Waals surface area contributed by atoms with E-state index < -0.39 is 59.3 Å². The van der Waals surface area contributed by atoms with Gasteiger partial charge in [-0.3, -0.25) is 0 Å². The van der Waals surface area contributed by atoms with Gasteiger partial charge in [-0.05, 0) is 39.5 Å². The zero-order valence-electron chi connectivity index (χ0n) is 18.4. The number of rotatable bonds is 8. The third-order valence-corrected chi connectivity index (χ3v) is 7.69. The fraction of sp³-hybridized carbons (Fsp3) is 0.579. The zero-order chi connectivity index (χ0) is 25.7. The van der Waals surface area contributed by atoms with Gasteiger partial charge in [0.1, 0.15) is 20.6 Å². The van der Waals surface area contributed by atoms with Crippen LogP contribution >= 0.6 is 0 Å². The Bertz CT molecular complexity index is 1090. The summed E-state index contributed by atoms with van der Waals surface area (Å²) in [6.45, 7) is 2.18. The Morgan fingerprint density at radius 3 is 1.94 bits per heavy atom. The van der Waals surface area contributed by atoms with Crippen LogP contribution in [0.15, 0.2) is 17.0 Å². The van der Waals surface area contributed by atoms with Crippen molar-refractivity contribution >= 4 is 25.7 Å². The van der Waals surface area contributed by atoms with Crippen LogP contribution < -0.4 is 14.4 Å². The number of ether oxygens (including phenoxy) is 2. The molecular weight excluding hydrogens is 511 g/mol. The molecule has 0 bridgehead atoms. The first-order valence-electron chi connectivity index (χ1n) is 10.3. The minimum atomic E-state index is -6.57. The largest absolute Gasteiger partial charge is 0.489 e. The van der Waals surface area contributed by atoms with E-state index in [0.29, 0.717) is 19.3 Å². The Balaban J connectivity index is 2.80. The molecule has 1 aliphatic heterocycles. The molecule has 0 spiro atoms. The van der Waals surface area contributed by atoms with Gasteiger partial charge in [0.15, 0.2) is 33.2 Å². The summed E-state index contributed by atoms with van der Waals surface area (Å²) in [5.41, 5.74) is -6.76. The van der Waals surface area contributed by atoms with Crippen molar-refractivity contribution in [2.75, 3.05) is 31.2 Å². The normalized spacial score (nSPS) is 17.0. The maximum absolute atomic E-state index is 15.6. The third-order valence-electron chi connectivity index (χ3n) is 4.65. The van der Waals surface area contributed by atoms with Gasteiger partial charge in [0.05, 0.1) is 13.2 Å². The molecule has 0 amide bonds. The molecule has 0 aliphatic carbocycles. The molecule has 0 saturated heterocycles. The van der Waals surface area contributed by atoms with Crippen molar-refractivity contribution in [2.45, 2.75) is 49.9 Å². The number of allylic oxidation sites excluding steroid dienone is 1. The first-order chi connectivity index (χ1) is 15.8. The van der Waals surface area contributed by atoms with Crippen LogP contribution in [0.3, 0.4) is 0 Å². The van der Waals surface area contributed by atoms with Gasteiger partial charge in [-0.25, -0.2) is 25.6 Å². The topological polar surface area (TPSA) is 104 Å². The van der Waals surface area contributed by atoms with Gasteiger partial charge in [0.2, 0.25) is 0 Å². The van der Waals surface area contributed by atoms with E-state index in [9.17, 15) is 30.0 Å². The molecule has 8 nitrogen and oxygen atoms in total. The van der Waals surface area contributed by atoms with E-state index in [2.05, 4.69) is 0 Å². The van der Waals surface area contributed by atoms with Crippen LogP contribution in [0.2, 0.25) is 0 Å². The molecule has 0 fully saturated rings. The molecule has 15 heteroatoms. The van der Waals surface area contributed by atoms with Crippen LogP contribution in [0, 0.1) is 11.6 Å². The second-order valence-corrected chi connectivity index (χ2v) is 10.4. The summed E-state index contributed by atoms with van der Waals surface area (Å²) >= 11 is 0. The lowest BCUT2D eigenvalue weighted by atomic mass is 10.2. The minimum absolute atomic E-state index is 0.139. The quantitative estimate of drug-likeness (QED) is 0.354. The second kappa shape index (κ2) is 11.1. The first-order valence-corrected chi connectivity index (χ1v) is 13.2. The molecule has 1 heterocycles. The van der Waals surface area contributed by atoms with Gasteiger partial charge < -0.3 is 18.5 Å². The number of hydrogen-bond donors (Lipinski definition) is 0. The molecule has 194 valence electrons. The Hall–Kier alpha value is -2.13. The molecule has 1 aromatic rings. The van der Waals surface area contributed by atoms with E-state index in [1.807, 2.05) is 16.3 Å². The predicted octanol–water partition coefficient (Wildman–Crippen LogP) is 4.61. The maximum atomic E-state index is 15.6. The first kappa shape index (κ1) is 28.1. The Morgan fingerprint density at radius 1 is 0.912 bits per heavy atom. The van der Waals surface area contributed by atoms with Crippen molar-refractivity contribution < 1.29 is 48.3 Å². The molecule has 2 rings (SSSR count). The van der Waals surface area contributed by atoms with Crippen LogP contribution in [0.1, 0.15) is 39.5 Å². The van der Waals surface area contributed by atoms with E-state index in [-0.39, 0.29) is 26.3 Å². The highest BCUT2D eigenvalue weighted by Crippen LogP contribution is 2.47. The van der Waals surface area contributed by atoms with E-state index in [1.165, 1.54) is 18.7 Å². The van der Waals surface area contributed by atoms with Crippen molar-refractivity contribution in [1.82, 2.24) is 0 Å². The van der Waals surface area contributed by atoms with Crippen LogP contribution in [-0.2, 0) is 20.0 Å². The lowest BCUT2D eigenvalue weighted by Gasteiger charge is -2.30. The maximum Gasteiger partial charge on any atom is 0.480 e. The van der Waals surface area contributed by atoms with Gasteiger partial charge >= 0.3 is 5.51 Å². The molecule has 0 atom stereocenters. The standard InChI is InChI=1S/C19H24F5N2O6S2/c1-3-31-16-13(20)15(26-11-9-7-5-6-8-10-12-26)14(21)17(32-4-2)18(16)33(27,28)25-34(29,30)19(22,23)24/h5,7H,3-4,6,8-12H2,1-2H3/q-1/b7-5-. The predicted molar refractivity (Wildman–Crippen MR) is 114 cm³/mol. The zero-order valence-corrected chi connectivity index (χ0v) is 20.0. The van der Waals surface area contributed by atoms with E-state index >= 15 is 8.78 Å². The van der Waals surface area contributed by atoms with Crippen molar-refractivity contribution in [1.29, 1.82) is 0 Å². The van der Waals surface area contributed by atoms with Crippen LogP contribution in [0.5, 0.6) is 11.5 Å². The van der Waals surface area contributed by atoms with Gasteiger partial charge in [0.25, 0.3) is 0 Å². The summed E-state index contributed by atoms with van der Waals surface area (Å²) in [5.74, 6) is -5.41. The smallest absolute Gasteiger partial charge is 0.480 e. The SMILES string of the molecule is CCOc1c(F)c(N2CC/C=C\CCCC2)c(F)c(OCC)c1S(=O)(=O)[N-]S(=O)(=O)C(F)(F)F. The molecule has 34 heavy (non-hydrogen) atoms. The highest BCUT2D eigenvalue weighted by Gasteiger charge is 2.42. The molecule has 1 aromatic carbocycles. The van der Waals surface area contributed by atoms with Crippen molar-refractivity contribution in [3.63, 3.8) is 0 Å². The molecule has 0 N–H and O–H groups in total. The van der Waals surface area contributed by atoms with Gasteiger partial charge in [0, 0.05) is 13.1 Å². The number of halogens is 5.